The molecule has 0 radical (unpaired) electrons. The lowest BCUT2D eigenvalue weighted by atomic mass is 9.86. The van der Waals surface area contributed by atoms with Crippen molar-refractivity contribution in [2.75, 3.05) is 0 Å². The summed E-state index contributed by atoms with van der Waals surface area (Å²) >= 11 is 0. The molecule has 84 valence electrons. The van der Waals surface area contributed by atoms with Gasteiger partial charge in [-0.05, 0) is 35.4 Å². The number of benzene rings is 2. The molecule has 0 saturated heterocycles. The van der Waals surface area contributed by atoms with Crippen LogP contribution in [0.3, 0.4) is 0 Å². The van der Waals surface area contributed by atoms with Gasteiger partial charge in [-0.3, -0.25) is 0 Å². The largest absolute Gasteiger partial charge is 0.207 e. The van der Waals surface area contributed by atoms with Crippen molar-refractivity contribution in [2.24, 2.45) is 0 Å². The summed E-state index contributed by atoms with van der Waals surface area (Å²) in [6, 6.07) is 12.8. The van der Waals surface area contributed by atoms with E-state index in [2.05, 4.69) is 0 Å². The van der Waals surface area contributed by atoms with Gasteiger partial charge in [0.05, 0.1) is 5.41 Å². The monoisotopic (exact) mass is 228 g/mol. The fourth-order valence-corrected chi connectivity index (χ4v) is 2.09. The Morgan fingerprint density at radius 3 is 1.24 bits per heavy atom. The smallest absolute Gasteiger partial charge is 0.123 e. The predicted octanol–water partition coefficient (Wildman–Crippen LogP) is 3.82. The van der Waals surface area contributed by atoms with Crippen molar-refractivity contribution in [1.82, 2.24) is 0 Å². The summed E-state index contributed by atoms with van der Waals surface area (Å²) in [4.78, 5) is 0. The Morgan fingerprint density at radius 2 is 0.941 bits per heavy atom. The summed E-state index contributed by atoms with van der Waals surface area (Å²) < 4.78 is 25.8. The molecule has 2 heteroatoms. The summed E-state index contributed by atoms with van der Waals surface area (Å²) in [5.74, 6) is -0.493. The molecule has 1 aliphatic carbocycles. The predicted molar refractivity (Wildman–Crippen MR) is 62.7 cm³/mol. The van der Waals surface area contributed by atoms with Gasteiger partial charge >= 0.3 is 0 Å². The van der Waals surface area contributed by atoms with Crippen LogP contribution >= 0.6 is 0 Å². The zero-order chi connectivity index (χ0) is 11.9. The van der Waals surface area contributed by atoms with E-state index in [0.717, 1.165) is 11.1 Å². The average molecular weight is 228 g/mol. The molecule has 2 aromatic carbocycles. The highest BCUT2D eigenvalue weighted by Crippen LogP contribution is 2.44. The standard InChI is InChI=1S/C15H10F2/c16-13-5-1-11(2-6-13)15(9-10-15)12-3-7-14(17)8-4-12/h1-10H. The first kappa shape index (κ1) is 10.2. The topological polar surface area (TPSA) is 0 Å². The highest BCUT2D eigenvalue weighted by molar-refractivity contribution is 5.58. The van der Waals surface area contributed by atoms with E-state index < -0.39 is 0 Å². The van der Waals surface area contributed by atoms with Gasteiger partial charge in [-0.25, -0.2) is 8.78 Å². The lowest BCUT2D eigenvalue weighted by molar-refractivity contribution is 0.625. The number of hydrogen-bond acceptors (Lipinski definition) is 0. The van der Waals surface area contributed by atoms with E-state index in [1.165, 1.54) is 24.3 Å². The third-order valence-corrected chi connectivity index (χ3v) is 3.14. The molecule has 3 rings (SSSR count). The quantitative estimate of drug-likeness (QED) is 0.685. The Hall–Kier alpha value is -1.96. The van der Waals surface area contributed by atoms with Crippen LogP contribution in [0.5, 0.6) is 0 Å². The molecule has 1 aliphatic rings. The summed E-state index contributed by atoms with van der Waals surface area (Å²) in [5.41, 5.74) is 1.75. The molecule has 0 aromatic heterocycles. The second kappa shape index (κ2) is 3.52. The van der Waals surface area contributed by atoms with Crippen LogP contribution in [-0.2, 0) is 5.41 Å². The molecule has 0 atom stereocenters. The van der Waals surface area contributed by atoms with Crippen molar-refractivity contribution < 1.29 is 8.78 Å². The fourth-order valence-electron chi connectivity index (χ4n) is 2.09. The Bertz CT molecular complexity index is 511. The molecule has 0 saturated carbocycles. The normalized spacial score (nSPS) is 15.9. The molecule has 0 unspecified atom stereocenters. The van der Waals surface area contributed by atoms with Crippen LogP contribution in [0.15, 0.2) is 60.7 Å². The number of rotatable bonds is 2. The molecule has 0 amide bonds. The third-order valence-electron chi connectivity index (χ3n) is 3.14. The number of allylic oxidation sites excluding steroid dienone is 2. The maximum Gasteiger partial charge on any atom is 0.123 e. The van der Waals surface area contributed by atoms with E-state index >= 15 is 0 Å². The molecule has 0 nitrogen and oxygen atoms in total. The average Bonchev–Trinajstić information content (AvgIpc) is 3.12. The maximum atomic E-state index is 12.9. The zero-order valence-electron chi connectivity index (χ0n) is 9.03. The highest BCUT2D eigenvalue weighted by atomic mass is 19.1. The fraction of sp³-hybridized carbons (Fsp3) is 0.0667. The van der Waals surface area contributed by atoms with E-state index in [1.54, 1.807) is 24.3 Å². The minimum atomic E-state index is -0.262. The van der Waals surface area contributed by atoms with Crippen molar-refractivity contribution >= 4 is 0 Å². The van der Waals surface area contributed by atoms with Crippen LogP contribution in [0.2, 0.25) is 0 Å². The van der Waals surface area contributed by atoms with Gasteiger partial charge in [-0.15, -0.1) is 0 Å². The van der Waals surface area contributed by atoms with Gasteiger partial charge in [0.25, 0.3) is 0 Å². The number of halogens is 2. The Morgan fingerprint density at radius 1 is 0.588 bits per heavy atom. The molecule has 0 aliphatic heterocycles. The molecule has 0 bridgehead atoms. The van der Waals surface area contributed by atoms with Crippen molar-refractivity contribution in [2.45, 2.75) is 5.41 Å². The van der Waals surface area contributed by atoms with E-state index in [9.17, 15) is 8.78 Å². The second-order valence-corrected chi connectivity index (χ2v) is 4.22. The molecule has 17 heavy (non-hydrogen) atoms. The van der Waals surface area contributed by atoms with E-state index in [0.29, 0.717) is 0 Å². The van der Waals surface area contributed by atoms with Crippen molar-refractivity contribution in [3.05, 3.63) is 83.4 Å². The highest BCUT2D eigenvalue weighted by Gasteiger charge is 2.37. The lowest BCUT2D eigenvalue weighted by Crippen LogP contribution is -2.10. The minimum Gasteiger partial charge on any atom is -0.207 e. The first-order valence-corrected chi connectivity index (χ1v) is 5.43. The molecule has 2 aromatic rings. The van der Waals surface area contributed by atoms with Gasteiger partial charge in [-0.2, -0.15) is 0 Å². The molecule has 0 heterocycles. The Kier molecular flexibility index (Phi) is 2.11. The molecule has 0 N–H and O–H groups in total. The minimum absolute atomic E-state index is 0.247. The summed E-state index contributed by atoms with van der Waals surface area (Å²) in [7, 11) is 0. The summed E-state index contributed by atoms with van der Waals surface area (Å²) in [6.07, 6.45) is 4.07. The molecular formula is C15H10F2. The van der Waals surface area contributed by atoms with Crippen LogP contribution in [-0.4, -0.2) is 0 Å². The van der Waals surface area contributed by atoms with Crippen LogP contribution in [0.25, 0.3) is 0 Å². The van der Waals surface area contributed by atoms with Gasteiger partial charge in [0.1, 0.15) is 11.6 Å². The van der Waals surface area contributed by atoms with Crippen LogP contribution < -0.4 is 0 Å². The van der Waals surface area contributed by atoms with Gasteiger partial charge in [0.2, 0.25) is 0 Å². The summed E-state index contributed by atoms with van der Waals surface area (Å²) in [5, 5.41) is 0. The van der Waals surface area contributed by atoms with Gasteiger partial charge in [0.15, 0.2) is 0 Å². The SMILES string of the molecule is Fc1ccc(C2(c3ccc(F)cc3)C=C2)cc1. The van der Waals surface area contributed by atoms with Crippen LogP contribution in [0, 0.1) is 11.6 Å². The van der Waals surface area contributed by atoms with Crippen molar-refractivity contribution in [3.8, 4) is 0 Å². The zero-order valence-corrected chi connectivity index (χ0v) is 9.03. The van der Waals surface area contributed by atoms with Gasteiger partial charge in [0, 0.05) is 0 Å². The van der Waals surface area contributed by atoms with E-state index in [4.69, 9.17) is 0 Å². The first-order valence-electron chi connectivity index (χ1n) is 5.43. The van der Waals surface area contributed by atoms with Gasteiger partial charge < -0.3 is 0 Å². The van der Waals surface area contributed by atoms with Crippen LogP contribution in [0.4, 0.5) is 8.78 Å². The Labute approximate surface area is 98.2 Å². The van der Waals surface area contributed by atoms with Gasteiger partial charge in [-0.1, -0.05) is 36.4 Å². The van der Waals surface area contributed by atoms with Crippen LogP contribution in [0.1, 0.15) is 11.1 Å². The third kappa shape index (κ3) is 1.66. The molecular weight excluding hydrogens is 218 g/mol. The first-order chi connectivity index (χ1) is 8.21. The van der Waals surface area contributed by atoms with E-state index in [-0.39, 0.29) is 17.0 Å². The van der Waals surface area contributed by atoms with E-state index in [1.807, 2.05) is 12.2 Å². The number of hydrogen-bond donors (Lipinski definition) is 0. The van der Waals surface area contributed by atoms with Crippen molar-refractivity contribution in [3.63, 3.8) is 0 Å². The Balaban J connectivity index is 2.01. The summed E-state index contributed by atoms with van der Waals surface area (Å²) in [6.45, 7) is 0. The van der Waals surface area contributed by atoms with Crippen molar-refractivity contribution in [1.29, 1.82) is 0 Å². The second-order valence-electron chi connectivity index (χ2n) is 4.22. The maximum absolute atomic E-state index is 12.9. The molecule has 0 fully saturated rings. The molecule has 0 spiro atoms. The lowest BCUT2D eigenvalue weighted by Gasteiger charge is -2.17.